The molecule has 0 bridgehead atoms. The maximum atomic E-state index is 2.48. The van der Waals surface area contributed by atoms with E-state index < -0.39 is 0 Å². The van der Waals surface area contributed by atoms with Crippen LogP contribution in [0.25, 0.3) is 51.1 Å². The first kappa shape index (κ1) is 31.6. The Morgan fingerprint density at radius 1 is 0.386 bits per heavy atom. The standard InChI is InChI=1S/C42H52S2/c1-3-5-7-9-11-13-15-17-19-31-22-24-34-29-39-38(28-35(34)25-31)42-41(43-39)37-27-33-23-21-32(26-36(33)30-40(37)44-42)20-18-16-14-12-10-8-6-4-2/h21-30H,3-20H2,1-2H3. The molecule has 4 aromatic carbocycles. The molecule has 0 atom stereocenters. The summed E-state index contributed by atoms with van der Waals surface area (Å²) < 4.78 is 5.81. The topological polar surface area (TPSA) is 0 Å². The predicted octanol–water partition coefficient (Wildman–Crippen LogP) is 14.9. The lowest BCUT2D eigenvalue weighted by Gasteiger charge is -2.06. The fourth-order valence-corrected chi connectivity index (χ4v) is 9.78. The number of hydrogen-bond acceptors (Lipinski definition) is 2. The average molecular weight is 621 g/mol. The van der Waals surface area contributed by atoms with Crippen LogP contribution in [0.15, 0.2) is 60.7 Å². The normalized spacial score (nSPS) is 12.1. The summed E-state index contributed by atoms with van der Waals surface area (Å²) in [6.07, 6.45) is 24.6. The molecular formula is C42H52S2. The second-order valence-electron chi connectivity index (χ2n) is 13.4. The van der Waals surface area contributed by atoms with E-state index in [1.165, 1.54) is 178 Å². The Labute approximate surface area is 273 Å². The number of fused-ring (bicyclic) bond motifs is 7. The van der Waals surface area contributed by atoms with Crippen LogP contribution in [0.4, 0.5) is 0 Å². The van der Waals surface area contributed by atoms with Crippen molar-refractivity contribution in [1.29, 1.82) is 0 Å². The minimum Gasteiger partial charge on any atom is -0.134 e. The molecule has 0 spiro atoms. The number of benzene rings is 4. The van der Waals surface area contributed by atoms with Gasteiger partial charge in [0.05, 0.1) is 9.40 Å². The first-order valence-electron chi connectivity index (χ1n) is 18.0. The van der Waals surface area contributed by atoms with Gasteiger partial charge in [0.25, 0.3) is 0 Å². The van der Waals surface area contributed by atoms with E-state index in [0.29, 0.717) is 0 Å². The van der Waals surface area contributed by atoms with Gasteiger partial charge in [-0.2, -0.15) is 0 Å². The van der Waals surface area contributed by atoms with Gasteiger partial charge in [-0.15, -0.1) is 22.7 Å². The Bertz CT molecular complexity index is 1800. The molecular weight excluding hydrogens is 569 g/mol. The third-order valence-electron chi connectivity index (χ3n) is 9.76. The van der Waals surface area contributed by atoms with Gasteiger partial charge >= 0.3 is 0 Å². The molecule has 0 aliphatic heterocycles. The molecule has 0 saturated heterocycles. The Morgan fingerprint density at radius 3 is 1.27 bits per heavy atom. The molecule has 0 saturated carbocycles. The highest BCUT2D eigenvalue weighted by atomic mass is 32.1. The van der Waals surface area contributed by atoms with Crippen LogP contribution >= 0.6 is 22.7 Å². The Morgan fingerprint density at radius 2 is 0.773 bits per heavy atom. The van der Waals surface area contributed by atoms with Crippen molar-refractivity contribution in [2.24, 2.45) is 0 Å². The van der Waals surface area contributed by atoms with Crippen LogP contribution in [0.2, 0.25) is 0 Å². The highest BCUT2D eigenvalue weighted by Crippen LogP contribution is 2.46. The molecule has 2 aromatic heterocycles. The zero-order chi connectivity index (χ0) is 30.1. The lowest BCUT2D eigenvalue weighted by molar-refractivity contribution is 0.575. The lowest BCUT2D eigenvalue weighted by atomic mass is 10.0. The first-order valence-corrected chi connectivity index (χ1v) is 19.6. The summed E-state index contributed by atoms with van der Waals surface area (Å²) in [5, 5.41) is 8.46. The highest BCUT2D eigenvalue weighted by Gasteiger charge is 2.14. The lowest BCUT2D eigenvalue weighted by Crippen LogP contribution is -1.87. The van der Waals surface area contributed by atoms with E-state index in [2.05, 4.69) is 74.5 Å². The molecule has 232 valence electrons. The van der Waals surface area contributed by atoms with E-state index in [4.69, 9.17) is 0 Å². The molecule has 6 rings (SSSR count). The van der Waals surface area contributed by atoms with Crippen LogP contribution in [-0.2, 0) is 12.8 Å². The molecule has 0 unspecified atom stereocenters. The number of unbranched alkanes of at least 4 members (excludes halogenated alkanes) is 14. The molecule has 0 N–H and O–H groups in total. The number of rotatable bonds is 18. The first-order chi connectivity index (χ1) is 21.7. The summed E-state index contributed by atoms with van der Waals surface area (Å²) in [4.78, 5) is 0. The van der Waals surface area contributed by atoms with Crippen LogP contribution in [0, 0.1) is 0 Å². The van der Waals surface area contributed by atoms with Crippen LogP contribution in [0.5, 0.6) is 0 Å². The molecule has 0 aliphatic carbocycles. The second-order valence-corrected chi connectivity index (χ2v) is 15.5. The fourth-order valence-electron chi connectivity index (χ4n) is 7.08. The molecule has 0 amide bonds. The zero-order valence-electron chi connectivity index (χ0n) is 27.3. The van der Waals surface area contributed by atoms with Gasteiger partial charge in [-0.3, -0.25) is 0 Å². The summed E-state index contributed by atoms with van der Waals surface area (Å²) in [7, 11) is 0. The van der Waals surface area contributed by atoms with Crippen LogP contribution in [0.3, 0.4) is 0 Å². The summed E-state index contributed by atoms with van der Waals surface area (Å²) in [6.45, 7) is 4.60. The third kappa shape index (κ3) is 7.68. The van der Waals surface area contributed by atoms with E-state index in [1.807, 2.05) is 22.7 Å². The van der Waals surface area contributed by atoms with E-state index >= 15 is 0 Å². The monoisotopic (exact) mass is 620 g/mol. The Balaban J connectivity index is 1.14. The number of aryl methyl sites for hydroxylation is 2. The van der Waals surface area contributed by atoms with Gasteiger partial charge < -0.3 is 0 Å². The van der Waals surface area contributed by atoms with Crippen molar-refractivity contribution in [2.45, 2.75) is 129 Å². The van der Waals surface area contributed by atoms with Gasteiger partial charge in [-0.05, 0) is 82.6 Å². The number of hydrogen-bond donors (Lipinski definition) is 0. The van der Waals surface area contributed by atoms with Gasteiger partial charge in [0.15, 0.2) is 0 Å². The summed E-state index contributed by atoms with van der Waals surface area (Å²) in [5.41, 5.74) is 3.00. The van der Waals surface area contributed by atoms with Crippen molar-refractivity contribution >= 4 is 73.8 Å². The number of thiophene rings is 2. The second kappa shape index (κ2) is 15.7. The third-order valence-corrected chi connectivity index (χ3v) is 12.3. The van der Waals surface area contributed by atoms with Gasteiger partial charge in [0, 0.05) is 20.2 Å². The van der Waals surface area contributed by atoms with Crippen molar-refractivity contribution in [2.75, 3.05) is 0 Å². The Kier molecular flexibility index (Phi) is 11.3. The fraction of sp³-hybridized carbons (Fsp3) is 0.476. The van der Waals surface area contributed by atoms with Gasteiger partial charge in [-0.25, -0.2) is 0 Å². The molecule has 0 aliphatic rings. The van der Waals surface area contributed by atoms with Crippen molar-refractivity contribution in [3.8, 4) is 0 Å². The van der Waals surface area contributed by atoms with Gasteiger partial charge in [0.1, 0.15) is 0 Å². The summed E-state index contributed by atoms with van der Waals surface area (Å²) >= 11 is 3.99. The molecule has 2 heteroatoms. The minimum atomic E-state index is 1.21. The van der Waals surface area contributed by atoms with Crippen molar-refractivity contribution in [1.82, 2.24) is 0 Å². The van der Waals surface area contributed by atoms with Crippen molar-refractivity contribution in [3.63, 3.8) is 0 Å². The average Bonchev–Trinajstić information content (AvgIpc) is 3.56. The maximum Gasteiger partial charge on any atom is 0.0542 e. The SMILES string of the molecule is CCCCCCCCCCc1ccc2cc3c(cc2c1)sc1c2cc4cc(CCCCCCCCCC)ccc4cc2sc31. The molecule has 0 nitrogen and oxygen atoms in total. The van der Waals surface area contributed by atoms with E-state index in [-0.39, 0.29) is 0 Å². The Hall–Kier alpha value is -2.42. The largest absolute Gasteiger partial charge is 0.134 e. The molecule has 6 aromatic rings. The quantitative estimate of drug-likeness (QED) is 0.0839. The highest BCUT2D eigenvalue weighted by molar-refractivity contribution is 7.36. The smallest absolute Gasteiger partial charge is 0.0542 e. The van der Waals surface area contributed by atoms with Crippen molar-refractivity contribution in [3.05, 3.63) is 71.8 Å². The predicted molar refractivity (Wildman–Crippen MR) is 202 cm³/mol. The van der Waals surface area contributed by atoms with Crippen LogP contribution in [0.1, 0.15) is 128 Å². The molecule has 2 heterocycles. The van der Waals surface area contributed by atoms with Crippen molar-refractivity contribution < 1.29 is 0 Å². The molecule has 0 fully saturated rings. The molecule has 0 radical (unpaired) electrons. The van der Waals surface area contributed by atoms with E-state index in [9.17, 15) is 0 Å². The van der Waals surface area contributed by atoms with Crippen LogP contribution in [-0.4, -0.2) is 0 Å². The summed E-state index contributed by atoms with van der Waals surface area (Å²) in [5.74, 6) is 0. The van der Waals surface area contributed by atoms with Crippen LogP contribution < -0.4 is 0 Å². The zero-order valence-corrected chi connectivity index (χ0v) is 29.0. The van der Waals surface area contributed by atoms with Gasteiger partial charge in [0.2, 0.25) is 0 Å². The summed E-state index contributed by atoms with van der Waals surface area (Å²) in [6, 6.07) is 24.3. The molecule has 44 heavy (non-hydrogen) atoms. The van der Waals surface area contributed by atoms with Gasteiger partial charge in [-0.1, -0.05) is 140 Å². The minimum absolute atomic E-state index is 1.21. The van der Waals surface area contributed by atoms with E-state index in [1.54, 1.807) is 0 Å². The maximum absolute atomic E-state index is 2.48. The van der Waals surface area contributed by atoms with E-state index in [0.717, 1.165) is 0 Å².